The smallest absolute Gasteiger partial charge is 0.127 e. The molecule has 1 heteroatoms. The normalized spacial score (nSPS) is 19.7. The summed E-state index contributed by atoms with van der Waals surface area (Å²) in [6.45, 7) is 6.43. The fourth-order valence-corrected chi connectivity index (χ4v) is 4.09. The number of fused-ring (bicyclic) bond motifs is 4. The molecule has 0 amide bonds. The number of halogens is 1. The van der Waals surface area contributed by atoms with Crippen molar-refractivity contribution in [3.8, 4) is 0 Å². The van der Waals surface area contributed by atoms with Gasteiger partial charge in [0.25, 0.3) is 0 Å². The third kappa shape index (κ3) is 1.73. The van der Waals surface area contributed by atoms with Gasteiger partial charge in [0.15, 0.2) is 0 Å². The quantitative estimate of drug-likeness (QED) is 0.619. The average Bonchev–Trinajstić information content (AvgIpc) is 2.51. The lowest BCUT2D eigenvalue weighted by atomic mass is 9.72. The Morgan fingerprint density at radius 2 is 1.90 bits per heavy atom. The minimum absolute atomic E-state index is 0.0474. The van der Waals surface area contributed by atoms with Gasteiger partial charge in [-0.3, -0.25) is 0 Å². The maximum absolute atomic E-state index is 14.7. The predicted molar refractivity (Wildman–Crippen MR) is 85.1 cm³/mol. The van der Waals surface area contributed by atoms with Crippen LogP contribution in [0.4, 0.5) is 4.39 Å². The van der Waals surface area contributed by atoms with E-state index in [1.165, 1.54) is 35.1 Å². The molecular formula is C20H19F. The second kappa shape index (κ2) is 4.56. The van der Waals surface area contributed by atoms with Gasteiger partial charge in [-0.2, -0.15) is 0 Å². The van der Waals surface area contributed by atoms with Gasteiger partial charge in [0.2, 0.25) is 0 Å². The SMILES string of the molecule is C=C1c2ccccc2[C@@H](C)c2c(F)cc3c(c21)CCCC3. The standard InChI is InChI=1S/C20H19F/c1-12-15-8-5-6-9-16(15)13(2)20-18(21)11-14-7-3-4-10-17(14)19(12)20/h5-6,8-9,11,13H,1,3-4,7,10H2,2H3/t13-/m1/s1. The van der Waals surface area contributed by atoms with Crippen LogP contribution in [0.25, 0.3) is 5.57 Å². The summed E-state index contributed by atoms with van der Waals surface area (Å²) in [5, 5.41) is 0. The summed E-state index contributed by atoms with van der Waals surface area (Å²) in [4.78, 5) is 0. The van der Waals surface area contributed by atoms with E-state index in [2.05, 4.69) is 25.6 Å². The summed E-state index contributed by atoms with van der Waals surface area (Å²) >= 11 is 0. The van der Waals surface area contributed by atoms with E-state index in [0.29, 0.717) is 0 Å². The van der Waals surface area contributed by atoms with E-state index in [9.17, 15) is 4.39 Å². The van der Waals surface area contributed by atoms with Crippen LogP contribution in [0.1, 0.15) is 59.1 Å². The number of hydrogen-bond donors (Lipinski definition) is 0. The number of rotatable bonds is 0. The predicted octanol–water partition coefficient (Wildman–Crippen LogP) is 5.23. The van der Waals surface area contributed by atoms with Crippen LogP contribution in [0.5, 0.6) is 0 Å². The molecule has 0 heterocycles. The van der Waals surface area contributed by atoms with Crippen LogP contribution in [0.2, 0.25) is 0 Å². The highest BCUT2D eigenvalue weighted by atomic mass is 19.1. The zero-order chi connectivity index (χ0) is 14.6. The van der Waals surface area contributed by atoms with E-state index in [1.807, 2.05) is 12.1 Å². The van der Waals surface area contributed by atoms with Gasteiger partial charge in [0, 0.05) is 11.5 Å². The Hall–Kier alpha value is -1.89. The van der Waals surface area contributed by atoms with Crippen molar-refractivity contribution in [2.75, 3.05) is 0 Å². The number of aryl methyl sites for hydroxylation is 1. The second-order valence-electron chi connectivity index (χ2n) is 6.28. The molecule has 1 atom stereocenters. The largest absolute Gasteiger partial charge is 0.207 e. The fraction of sp³-hybridized carbons (Fsp3) is 0.300. The Kier molecular flexibility index (Phi) is 2.78. The van der Waals surface area contributed by atoms with Gasteiger partial charge in [-0.15, -0.1) is 0 Å². The molecule has 0 unspecified atom stereocenters. The molecule has 0 fully saturated rings. The second-order valence-corrected chi connectivity index (χ2v) is 6.28. The van der Waals surface area contributed by atoms with E-state index < -0.39 is 0 Å². The third-order valence-electron chi connectivity index (χ3n) is 5.13. The molecule has 0 spiro atoms. The van der Waals surface area contributed by atoms with Crippen LogP contribution in [-0.2, 0) is 12.8 Å². The summed E-state index contributed by atoms with van der Waals surface area (Å²) in [6.07, 6.45) is 4.44. The molecule has 2 aliphatic carbocycles. The molecule has 21 heavy (non-hydrogen) atoms. The summed E-state index contributed by atoms with van der Waals surface area (Å²) in [7, 11) is 0. The lowest BCUT2D eigenvalue weighted by Crippen LogP contribution is -2.18. The highest BCUT2D eigenvalue weighted by molar-refractivity contribution is 5.87. The van der Waals surface area contributed by atoms with E-state index in [-0.39, 0.29) is 11.7 Å². The average molecular weight is 278 g/mol. The van der Waals surface area contributed by atoms with Crippen molar-refractivity contribution in [3.63, 3.8) is 0 Å². The zero-order valence-electron chi connectivity index (χ0n) is 12.4. The van der Waals surface area contributed by atoms with Gasteiger partial charge in [0.05, 0.1) is 0 Å². The molecule has 106 valence electrons. The van der Waals surface area contributed by atoms with E-state index in [0.717, 1.165) is 29.5 Å². The highest BCUT2D eigenvalue weighted by Gasteiger charge is 2.31. The highest BCUT2D eigenvalue weighted by Crippen LogP contribution is 2.46. The van der Waals surface area contributed by atoms with Crippen LogP contribution in [0.3, 0.4) is 0 Å². The molecule has 0 aliphatic heterocycles. The number of hydrogen-bond acceptors (Lipinski definition) is 0. The van der Waals surface area contributed by atoms with Gasteiger partial charge >= 0.3 is 0 Å². The molecule has 4 rings (SSSR count). The number of benzene rings is 2. The van der Waals surface area contributed by atoms with Crippen molar-refractivity contribution >= 4 is 5.57 Å². The zero-order valence-corrected chi connectivity index (χ0v) is 12.4. The lowest BCUT2D eigenvalue weighted by molar-refractivity contribution is 0.587. The Morgan fingerprint density at radius 3 is 2.76 bits per heavy atom. The van der Waals surface area contributed by atoms with Crippen LogP contribution in [-0.4, -0.2) is 0 Å². The molecule has 2 aliphatic rings. The molecule has 2 aromatic carbocycles. The monoisotopic (exact) mass is 278 g/mol. The minimum atomic E-state index is -0.0474. The molecule has 0 aromatic heterocycles. The van der Waals surface area contributed by atoms with Crippen molar-refractivity contribution < 1.29 is 4.39 Å². The van der Waals surface area contributed by atoms with E-state index in [1.54, 1.807) is 6.07 Å². The summed E-state index contributed by atoms with van der Waals surface area (Å²) < 4.78 is 14.7. The van der Waals surface area contributed by atoms with Gasteiger partial charge in [-0.25, -0.2) is 4.39 Å². The summed E-state index contributed by atoms with van der Waals surface area (Å²) in [5.41, 5.74) is 7.92. The Balaban J connectivity index is 2.04. The Morgan fingerprint density at radius 1 is 1.14 bits per heavy atom. The summed E-state index contributed by atoms with van der Waals surface area (Å²) in [5.74, 6) is 0.0581. The van der Waals surface area contributed by atoms with Gasteiger partial charge in [-0.05, 0) is 65.1 Å². The maximum atomic E-state index is 14.7. The first kappa shape index (κ1) is 12.8. The first-order valence-corrected chi connectivity index (χ1v) is 7.81. The van der Waals surface area contributed by atoms with E-state index >= 15 is 0 Å². The van der Waals surface area contributed by atoms with Crippen LogP contribution in [0, 0.1) is 5.82 Å². The fourth-order valence-electron chi connectivity index (χ4n) is 4.09. The van der Waals surface area contributed by atoms with Crippen molar-refractivity contribution in [2.24, 2.45) is 0 Å². The molecular weight excluding hydrogens is 259 g/mol. The Bertz CT molecular complexity index is 755. The molecule has 0 N–H and O–H groups in total. The van der Waals surface area contributed by atoms with Crippen molar-refractivity contribution in [1.82, 2.24) is 0 Å². The Labute approximate surface area is 125 Å². The molecule has 0 saturated heterocycles. The maximum Gasteiger partial charge on any atom is 0.127 e. The van der Waals surface area contributed by atoms with Crippen molar-refractivity contribution in [2.45, 2.75) is 38.5 Å². The molecule has 0 saturated carbocycles. The van der Waals surface area contributed by atoms with Gasteiger partial charge in [0.1, 0.15) is 5.82 Å². The van der Waals surface area contributed by atoms with Crippen LogP contribution < -0.4 is 0 Å². The van der Waals surface area contributed by atoms with E-state index in [4.69, 9.17) is 0 Å². The topological polar surface area (TPSA) is 0 Å². The van der Waals surface area contributed by atoms with Crippen molar-refractivity contribution in [1.29, 1.82) is 0 Å². The molecule has 0 radical (unpaired) electrons. The van der Waals surface area contributed by atoms with Crippen LogP contribution in [0.15, 0.2) is 36.9 Å². The first-order chi connectivity index (χ1) is 10.2. The molecule has 0 nitrogen and oxygen atoms in total. The summed E-state index contributed by atoms with van der Waals surface area (Å²) in [6, 6.07) is 10.1. The minimum Gasteiger partial charge on any atom is -0.207 e. The molecule has 0 bridgehead atoms. The molecule has 2 aromatic rings. The van der Waals surface area contributed by atoms with Crippen LogP contribution >= 0.6 is 0 Å². The lowest BCUT2D eigenvalue weighted by Gasteiger charge is -2.32. The first-order valence-electron chi connectivity index (χ1n) is 7.81. The third-order valence-corrected chi connectivity index (χ3v) is 5.13. The van der Waals surface area contributed by atoms with Gasteiger partial charge < -0.3 is 0 Å². The van der Waals surface area contributed by atoms with Gasteiger partial charge in [-0.1, -0.05) is 37.8 Å². The van der Waals surface area contributed by atoms with Crippen molar-refractivity contribution in [3.05, 3.63) is 76.1 Å².